The minimum absolute atomic E-state index is 0.0916. The number of carbonyl (C=O) groups is 2. The molecule has 0 saturated carbocycles. The van der Waals surface area contributed by atoms with E-state index in [1.807, 2.05) is 0 Å². The molecule has 13 heavy (non-hydrogen) atoms. The Morgan fingerprint density at radius 1 is 1.38 bits per heavy atom. The van der Waals surface area contributed by atoms with Crippen LogP contribution in [-0.2, 0) is 9.59 Å². The molecule has 1 atom stereocenters. The van der Waals surface area contributed by atoms with Gasteiger partial charge in [0.2, 0.25) is 11.8 Å². The van der Waals surface area contributed by atoms with Crippen molar-refractivity contribution in [1.82, 2.24) is 15.5 Å². The van der Waals surface area contributed by atoms with Gasteiger partial charge in [0.1, 0.15) is 0 Å². The second-order valence-electron chi connectivity index (χ2n) is 2.88. The lowest BCUT2D eigenvalue weighted by Crippen LogP contribution is -2.45. The van der Waals surface area contributed by atoms with Crippen LogP contribution in [0.4, 0.5) is 0 Å². The number of hydrogen-bond donors (Lipinski definition) is 2. The molecule has 0 aromatic carbocycles. The first kappa shape index (κ1) is 11.9. The molecule has 0 aromatic heterocycles. The summed E-state index contributed by atoms with van der Waals surface area (Å²) in [5.74, 6) is -0.259. The fourth-order valence-electron chi connectivity index (χ4n) is 0.826. The second kappa shape index (κ2) is 5.53. The Morgan fingerprint density at radius 3 is 2.31 bits per heavy atom. The maximum absolute atomic E-state index is 11.4. The van der Waals surface area contributed by atoms with Gasteiger partial charge in [-0.2, -0.15) is 0 Å². The van der Waals surface area contributed by atoms with Crippen molar-refractivity contribution in [3.05, 3.63) is 0 Å². The summed E-state index contributed by atoms with van der Waals surface area (Å²) in [5, 5.41) is 5.27. The van der Waals surface area contributed by atoms with E-state index in [0.717, 1.165) is 0 Å². The van der Waals surface area contributed by atoms with Gasteiger partial charge >= 0.3 is 0 Å². The Morgan fingerprint density at radius 2 is 1.92 bits per heavy atom. The SMILES string of the molecule is CNC(=O)CN(C)C(=O)C(C)NC. The zero-order chi connectivity index (χ0) is 10.4. The van der Waals surface area contributed by atoms with Crippen molar-refractivity contribution in [2.24, 2.45) is 0 Å². The molecule has 0 heterocycles. The quantitative estimate of drug-likeness (QED) is 0.581. The zero-order valence-electron chi connectivity index (χ0n) is 8.55. The van der Waals surface area contributed by atoms with E-state index >= 15 is 0 Å². The third-order valence-electron chi connectivity index (χ3n) is 1.84. The molecule has 0 aliphatic rings. The summed E-state index contributed by atoms with van der Waals surface area (Å²) in [6, 6.07) is -0.255. The van der Waals surface area contributed by atoms with E-state index in [4.69, 9.17) is 0 Å². The Kier molecular flexibility index (Phi) is 5.06. The Labute approximate surface area is 78.5 Å². The summed E-state index contributed by atoms with van der Waals surface area (Å²) < 4.78 is 0. The molecule has 0 aliphatic heterocycles. The van der Waals surface area contributed by atoms with E-state index < -0.39 is 0 Å². The third-order valence-corrected chi connectivity index (χ3v) is 1.84. The highest BCUT2D eigenvalue weighted by Crippen LogP contribution is 1.90. The van der Waals surface area contributed by atoms with Gasteiger partial charge in [-0.05, 0) is 14.0 Å². The summed E-state index contributed by atoms with van der Waals surface area (Å²) in [7, 11) is 4.85. The normalized spacial score (nSPS) is 12.0. The fourth-order valence-corrected chi connectivity index (χ4v) is 0.826. The van der Waals surface area contributed by atoms with Gasteiger partial charge in [-0.25, -0.2) is 0 Å². The number of likely N-dealkylation sites (N-methyl/N-ethyl adjacent to an activating group) is 3. The van der Waals surface area contributed by atoms with Crippen LogP contribution in [0.15, 0.2) is 0 Å². The molecule has 0 spiro atoms. The molecule has 0 fully saturated rings. The van der Waals surface area contributed by atoms with Crippen molar-refractivity contribution >= 4 is 11.8 Å². The third kappa shape index (κ3) is 3.89. The smallest absolute Gasteiger partial charge is 0.239 e. The molecule has 0 radical (unpaired) electrons. The van der Waals surface area contributed by atoms with E-state index in [0.29, 0.717) is 0 Å². The van der Waals surface area contributed by atoms with Crippen molar-refractivity contribution in [1.29, 1.82) is 0 Å². The van der Waals surface area contributed by atoms with E-state index in [2.05, 4.69) is 10.6 Å². The second-order valence-corrected chi connectivity index (χ2v) is 2.88. The predicted molar refractivity (Wildman–Crippen MR) is 50.2 cm³/mol. The fraction of sp³-hybridized carbons (Fsp3) is 0.750. The van der Waals surface area contributed by atoms with Gasteiger partial charge in [0, 0.05) is 14.1 Å². The lowest BCUT2D eigenvalue weighted by atomic mass is 10.3. The van der Waals surface area contributed by atoms with Crippen molar-refractivity contribution in [3.63, 3.8) is 0 Å². The Hall–Kier alpha value is -1.10. The molecule has 0 aromatic rings. The molecular formula is C8H17N3O2. The van der Waals surface area contributed by atoms with Gasteiger partial charge in [-0.1, -0.05) is 0 Å². The summed E-state index contributed by atoms with van der Waals surface area (Å²) in [6.45, 7) is 1.85. The largest absolute Gasteiger partial charge is 0.358 e. The van der Waals surface area contributed by atoms with Crippen LogP contribution < -0.4 is 10.6 Å². The monoisotopic (exact) mass is 187 g/mol. The summed E-state index contributed by atoms with van der Waals surface area (Å²) in [6.07, 6.45) is 0. The molecule has 5 nitrogen and oxygen atoms in total. The molecule has 0 aliphatic carbocycles. The lowest BCUT2D eigenvalue weighted by molar-refractivity contribution is -0.135. The van der Waals surface area contributed by atoms with E-state index in [-0.39, 0.29) is 24.4 Å². The first-order chi connectivity index (χ1) is 6.02. The van der Waals surface area contributed by atoms with Crippen LogP contribution in [0, 0.1) is 0 Å². The number of carbonyl (C=O) groups excluding carboxylic acids is 2. The minimum Gasteiger partial charge on any atom is -0.358 e. The first-order valence-corrected chi connectivity index (χ1v) is 4.15. The van der Waals surface area contributed by atoms with Gasteiger partial charge in [0.15, 0.2) is 0 Å². The van der Waals surface area contributed by atoms with Crippen LogP contribution in [0.25, 0.3) is 0 Å². The average Bonchev–Trinajstić information content (AvgIpc) is 2.14. The lowest BCUT2D eigenvalue weighted by Gasteiger charge is -2.19. The van der Waals surface area contributed by atoms with Crippen LogP contribution in [0.2, 0.25) is 0 Å². The van der Waals surface area contributed by atoms with E-state index in [1.54, 1.807) is 28.1 Å². The summed E-state index contributed by atoms with van der Waals surface area (Å²) in [5.41, 5.74) is 0. The molecular weight excluding hydrogens is 170 g/mol. The van der Waals surface area contributed by atoms with Gasteiger partial charge < -0.3 is 15.5 Å². The number of amides is 2. The van der Waals surface area contributed by atoms with Gasteiger partial charge in [0.25, 0.3) is 0 Å². The van der Waals surface area contributed by atoms with Crippen LogP contribution in [-0.4, -0.2) is 50.4 Å². The molecule has 0 rings (SSSR count). The highest BCUT2D eigenvalue weighted by atomic mass is 16.2. The number of nitrogens with one attached hydrogen (secondary N) is 2. The molecule has 0 bridgehead atoms. The average molecular weight is 187 g/mol. The maximum Gasteiger partial charge on any atom is 0.239 e. The zero-order valence-corrected chi connectivity index (χ0v) is 8.55. The predicted octanol–water partition coefficient (Wildman–Crippen LogP) is -1.20. The van der Waals surface area contributed by atoms with Gasteiger partial charge in [-0.15, -0.1) is 0 Å². The standard InChI is InChI=1S/C8H17N3O2/c1-6(9-2)8(13)11(4)5-7(12)10-3/h6,9H,5H2,1-4H3,(H,10,12). The Bertz CT molecular complexity index is 194. The van der Waals surface area contributed by atoms with Crippen molar-refractivity contribution in [2.75, 3.05) is 27.7 Å². The van der Waals surface area contributed by atoms with Crippen LogP contribution in [0.5, 0.6) is 0 Å². The van der Waals surface area contributed by atoms with E-state index in [1.165, 1.54) is 4.90 Å². The highest BCUT2D eigenvalue weighted by molar-refractivity contribution is 5.86. The molecule has 5 heteroatoms. The summed E-state index contributed by atoms with van der Waals surface area (Å²) in [4.78, 5) is 23.7. The van der Waals surface area contributed by atoms with Crippen LogP contribution in [0.1, 0.15) is 6.92 Å². The number of nitrogens with zero attached hydrogens (tertiary/aromatic N) is 1. The minimum atomic E-state index is -0.255. The maximum atomic E-state index is 11.4. The number of rotatable bonds is 4. The van der Waals surface area contributed by atoms with E-state index in [9.17, 15) is 9.59 Å². The molecule has 2 N–H and O–H groups in total. The summed E-state index contributed by atoms with van der Waals surface area (Å²) >= 11 is 0. The molecule has 76 valence electrons. The first-order valence-electron chi connectivity index (χ1n) is 4.15. The van der Waals surface area contributed by atoms with Crippen LogP contribution >= 0.6 is 0 Å². The van der Waals surface area contributed by atoms with Gasteiger partial charge in [-0.3, -0.25) is 9.59 Å². The van der Waals surface area contributed by atoms with Crippen LogP contribution in [0.3, 0.4) is 0 Å². The molecule has 0 saturated heterocycles. The topological polar surface area (TPSA) is 61.4 Å². The van der Waals surface area contributed by atoms with Gasteiger partial charge in [0.05, 0.1) is 12.6 Å². The van der Waals surface area contributed by atoms with Crippen molar-refractivity contribution in [3.8, 4) is 0 Å². The highest BCUT2D eigenvalue weighted by Gasteiger charge is 2.16. The molecule has 2 amide bonds. The van der Waals surface area contributed by atoms with Crippen molar-refractivity contribution < 1.29 is 9.59 Å². The number of hydrogen-bond acceptors (Lipinski definition) is 3. The molecule has 1 unspecified atom stereocenters. The Balaban J connectivity index is 4.03. The van der Waals surface area contributed by atoms with Crippen molar-refractivity contribution in [2.45, 2.75) is 13.0 Å².